The summed E-state index contributed by atoms with van der Waals surface area (Å²) in [7, 11) is 0. The van der Waals surface area contributed by atoms with E-state index in [0.717, 1.165) is 0 Å². The maximum absolute atomic E-state index is 12.7. The van der Waals surface area contributed by atoms with Crippen LogP contribution in [-0.4, -0.2) is 15.5 Å². The van der Waals surface area contributed by atoms with Crippen molar-refractivity contribution in [1.82, 2.24) is 4.72 Å². The zero-order valence-electron chi connectivity index (χ0n) is 11.4. The molecule has 1 aromatic rings. The first kappa shape index (κ1) is 17.8. The molecule has 114 valence electrons. The monoisotopic (exact) mass is 371 g/mol. The summed E-state index contributed by atoms with van der Waals surface area (Å²) in [6, 6.07) is 5.55. The molecule has 1 aromatic carbocycles. The fourth-order valence-corrected chi connectivity index (χ4v) is 2.74. The molecule has 0 fully saturated rings. The lowest BCUT2D eigenvalue weighted by atomic mass is 10.0. The lowest BCUT2D eigenvalue weighted by Gasteiger charge is -2.28. The van der Waals surface area contributed by atoms with Crippen LogP contribution in [0.2, 0.25) is 0 Å². The van der Waals surface area contributed by atoms with Crippen LogP contribution in [-0.2, 0) is 11.4 Å². The van der Waals surface area contributed by atoms with Gasteiger partial charge >= 0.3 is 6.18 Å². The number of nitrogens with one attached hydrogen (secondary N) is 1. The van der Waals surface area contributed by atoms with Gasteiger partial charge in [-0.3, -0.25) is 0 Å². The number of halogens is 4. The van der Waals surface area contributed by atoms with Crippen LogP contribution >= 0.6 is 15.9 Å². The molecular weight excluding hydrogens is 355 g/mol. The Morgan fingerprint density at radius 1 is 1.30 bits per heavy atom. The van der Waals surface area contributed by atoms with Crippen LogP contribution in [0.25, 0.3) is 0 Å². The highest BCUT2D eigenvalue weighted by Gasteiger charge is 2.37. The zero-order chi connectivity index (χ0) is 15.6. The minimum atomic E-state index is -4.33. The summed E-state index contributed by atoms with van der Waals surface area (Å²) < 4.78 is 52.7. The van der Waals surface area contributed by atoms with E-state index in [0.29, 0.717) is 10.0 Å². The quantitative estimate of drug-likeness (QED) is 0.791. The lowest BCUT2D eigenvalue weighted by molar-refractivity contribution is -0.139. The fraction of sp³-hybridized carbons (Fsp3) is 0.538. The number of alkyl halides is 3. The minimum Gasteiger partial charge on any atom is -0.598 e. The van der Waals surface area contributed by atoms with Gasteiger partial charge in [0.25, 0.3) is 0 Å². The molecule has 0 spiro atoms. The van der Waals surface area contributed by atoms with E-state index in [1.165, 1.54) is 0 Å². The van der Waals surface area contributed by atoms with Crippen molar-refractivity contribution in [3.05, 3.63) is 34.3 Å². The molecule has 0 aliphatic heterocycles. The lowest BCUT2D eigenvalue weighted by Crippen LogP contribution is -2.42. The van der Waals surface area contributed by atoms with Crippen molar-refractivity contribution < 1.29 is 17.7 Å². The summed E-state index contributed by atoms with van der Waals surface area (Å²) in [6.07, 6.45) is -5.40. The van der Waals surface area contributed by atoms with Gasteiger partial charge in [-0.15, -0.1) is 4.72 Å². The Morgan fingerprint density at radius 3 is 2.35 bits per heavy atom. The SMILES string of the molecule is CC(C)(C)[S+]([O-])N[C@H](CC(F)(F)F)c1cccc(Br)c1. The molecule has 1 unspecified atom stereocenters. The molecule has 2 nitrogen and oxygen atoms in total. The van der Waals surface area contributed by atoms with Gasteiger partial charge in [-0.1, -0.05) is 28.1 Å². The maximum Gasteiger partial charge on any atom is 0.391 e. The number of rotatable bonds is 4. The van der Waals surface area contributed by atoms with E-state index in [-0.39, 0.29) is 0 Å². The second-order valence-corrected chi connectivity index (χ2v) is 8.34. The Kier molecular flexibility index (Phi) is 5.95. The molecular formula is C13H17BrF3NOS. The van der Waals surface area contributed by atoms with Crippen LogP contribution in [0.15, 0.2) is 28.7 Å². The molecule has 0 bridgehead atoms. The van der Waals surface area contributed by atoms with Gasteiger partial charge in [0.1, 0.15) is 4.75 Å². The van der Waals surface area contributed by atoms with Gasteiger partial charge in [0.05, 0.1) is 12.5 Å². The number of hydrogen-bond acceptors (Lipinski definition) is 2. The molecule has 7 heteroatoms. The Morgan fingerprint density at radius 2 is 1.90 bits per heavy atom. The summed E-state index contributed by atoms with van der Waals surface area (Å²) in [5.74, 6) is 0. The normalized spacial score (nSPS) is 16.0. The average molecular weight is 372 g/mol. The highest BCUT2D eigenvalue weighted by Crippen LogP contribution is 2.32. The zero-order valence-corrected chi connectivity index (χ0v) is 13.8. The van der Waals surface area contributed by atoms with Gasteiger partial charge in [-0.05, 0) is 38.5 Å². The van der Waals surface area contributed by atoms with Crippen molar-refractivity contribution in [3.63, 3.8) is 0 Å². The highest BCUT2D eigenvalue weighted by atomic mass is 79.9. The molecule has 0 radical (unpaired) electrons. The van der Waals surface area contributed by atoms with E-state index in [9.17, 15) is 17.7 Å². The van der Waals surface area contributed by atoms with Crippen molar-refractivity contribution in [3.8, 4) is 0 Å². The second-order valence-electron chi connectivity index (χ2n) is 5.43. The average Bonchev–Trinajstić information content (AvgIpc) is 2.25. The predicted octanol–water partition coefficient (Wildman–Crippen LogP) is 4.49. The molecule has 0 aliphatic carbocycles. The molecule has 2 atom stereocenters. The largest absolute Gasteiger partial charge is 0.598 e. The fourth-order valence-electron chi connectivity index (χ4n) is 1.49. The Bertz CT molecular complexity index is 448. The Balaban J connectivity index is 2.97. The molecule has 0 saturated heterocycles. The predicted molar refractivity (Wildman–Crippen MR) is 78.6 cm³/mol. The molecule has 20 heavy (non-hydrogen) atoms. The molecule has 0 amide bonds. The third-order valence-electron chi connectivity index (χ3n) is 2.49. The minimum absolute atomic E-state index is 0.453. The van der Waals surface area contributed by atoms with Crippen molar-refractivity contribution in [1.29, 1.82) is 0 Å². The second kappa shape index (κ2) is 6.68. The van der Waals surface area contributed by atoms with E-state index in [1.54, 1.807) is 45.0 Å². The standard InChI is InChI=1S/C13H17BrF3NOS/c1-12(2,3)20(19)18-11(8-13(15,16)17)9-5-4-6-10(14)7-9/h4-7,11,18H,8H2,1-3H3/t11-,20?/m1/s1. The van der Waals surface area contributed by atoms with E-state index < -0.39 is 34.7 Å². The van der Waals surface area contributed by atoms with E-state index in [1.807, 2.05) is 0 Å². The van der Waals surface area contributed by atoms with E-state index in [2.05, 4.69) is 20.7 Å². The van der Waals surface area contributed by atoms with Gasteiger partial charge in [0, 0.05) is 15.8 Å². The number of hydrogen-bond donors (Lipinski definition) is 1. The van der Waals surface area contributed by atoms with Crippen LogP contribution in [0, 0.1) is 0 Å². The molecule has 0 aliphatic rings. The summed E-state index contributed by atoms with van der Waals surface area (Å²) in [5.41, 5.74) is 0.453. The van der Waals surface area contributed by atoms with Gasteiger partial charge in [0.15, 0.2) is 0 Å². The van der Waals surface area contributed by atoms with Gasteiger partial charge in [0.2, 0.25) is 0 Å². The topological polar surface area (TPSA) is 35.1 Å². The van der Waals surface area contributed by atoms with Gasteiger partial charge in [-0.2, -0.15) is 13.2 Å². The van der Waals surface area contributed by atoms with Gasteiger partial charge in [-0.25, -0.2) is 0 Å². The van der Waals surface area contributed by atoms with Gasteiger partial charge < -0.3 is 4.55 Å². The molecule has 0 saturated carbocycles. The van der Waals surface area contributed by atoms with Crippen molar-refractivity contribution in [2.75, 3.05) is 0 Å². The maximum atomic E-state index is 12.7. The van der Waals surface area contributed by atoms with Crippen molar-refractivity contribution in [2.24, 2.45) is 0 Å². The summed E-state index contributed by atoms with van der Waals surface area (Å²) in [4.78, 5) is 0. The summed E-state index contributed by atoms with van der Waals surface area (Å²) >= 11 is 1.66. The van der Waals surface area contributed by atoms with Crippen molar-refractivity contribution >= 4 is 27.3 Å². The third kappa shape index (κ3) is 6.03. The first-order valence-electron chi connectivity index (χ1n) is 5.99. The Labute approximate surface area is 128 Å². The Hall–Kier alpha value is -0.240. The smallest absolute Gasteiger partial charge is 0.391 e. The van der Waals surface area contributed by atoms with E-state index in [4.69, 9.17) is 0 Å². The van der Waals surface area contributed by atoms with Crippen LogP contribution in [0.4, 0.5) is 13.2 Å². The van der Waals surface area contributed by atoms with E-state index >= 15 is 0 Å². The number of benzene rings is 1. The van der Waals surface area contributed by atoms with Crippen molar-refractivity contribution in [2.45, 2.75) is 44.2 Å². The first-order chi connectivity index (χ1) is 8.99. The molecule has 0 heterocycles. The van der Waals surface area contributed by atoms with Crippen LogP contribution in [0.3, 0.4) is 0 Å². The molecule has 1 rings (SSSR count). The molecule has 0 aromatic heterocycles. The summed E-state index contributed by atoms with van der Waals surface area (Å²) in [5, 5.41) is 0. The molecule has 1 N–H and O–H groups in total. The van der Waals surface area contributed by atoms with Crippen LogP contribution in [0.1, 0.15) is 38.8 Å². The highest BCUT2D eigenvalue weighted by molar-refractivity contribution is 9.10. The summed E-state index contributed by atoms with van der Waals surface area (Å²) in [6.45, 7) is 5.13. The van der Waals surface area contributed by atoms with Crippen LogP contribution in [0.5, 0.6) is 0 Å². The van der Waals surface area contributed by atoms with Crippen LogP contribution < -0.4 is 4.72 Å². The first-order valence-corrected chi connectivity index (χ1v) is 7.93. The third-order valence-corrected chi connectivity index (χ3v) is 4.60.